The second kappa shape index (κ2) is 13.2. The van der Waals surface area contributed by atoms with Crippen LogP contribution in [0.2, 0.25) is 0 Å². The number of allylic oxidation sites excluding steroid dienone is 1. The van der Waals surface area contributed by atoms with E-state index in [0.29, 0.717) is 6.42 Å². The van der Waals surface area contributed by atoms with Crippen LogP contribution in [0.25, 0.3) is 0 Å². The van der Waals surface area contributed by atoms with Crippen molar-refractivity contribution < 1.29 is 14.6 Å². The lowest BCUT2D eigenvalue weighted by molar-refractivity contribution is -0.162. The third-order valence-corrected chi connectivity index (χ3v) is 3.21. The average molecular weight is 284 g/mol. The number of hydrogen-bond acceptors (Lipinski definition) is 3. The zero-order chi connectivity index (χ0) is 15.2. The van der Waals surface area contributed by atoms with Gasteiger partial charge in [0.05, 0.1) is 0 Å². The molecule has 0 saturated carbocycles. The summed E-state index contributed by atoms with van der Waals surface area (Å²) in [5.41, 5.74) is 0.880. The van der Waals surface area contributed by atoms with E-state index in [2.05, 4.69) is 6.92 Å². The maximum atomic E-state index is 11.3. The smallest absolute Gasteiger partial charge is 0.332 e. The van der Waals surface area contributed by atoms with E-state index in [1.165, 1.54) is 51.0 Å². The summed E-state index contributed by atoms with van der Waals surface area (Å²) in [6.45, 7) is 5.89. The molecular weight excluding hydrogens is 252 g/mol. The van der Waals surface area contributed by atoms with Crippen molar-refractivity contribution in [3.05, 3.63) is 11.6 Å². The summed E-state index contributed by atoms with van der Waals surface area (Å²) in [5, 5.41) is 9.56. The van der Waals surface area contributed by atoms with E-state index in [1.54, 1.807) is 0 Å². The van der Waals surface area contributed by atoms with Crippen LogP contribution in [0.3, 0.4) is 0 Å². The second-order valence-corrected chi connectivity index (χ2v) is 5.73. The molecule has 0 aliphatic rings. The van der Waals surface area contributed by atoms with E-state index in [1.807, 2.05) is 13.8 Å². The van der Waals surface area contributed by atoms with Crippen molar-refractivity contribution in [2.75, 3.05) is 0 Å². The third kappa shape index (κ3) is 13.6. The molecule has 0 heterocycles. The molecule has 0 amide bonds. The van der Waals surface area contributed by atoms with E-state index in [9.17, 15) is 9.90 Å². The van der Waals surface area contributed by atoms with Crippen molar-refractivity contribution in [1.82, 2.24) is 0 Å². The Hall–Kier alpha value is -0.830. The molecule has 3 heteroatoms. The number of aliphatic hydroxyl groups excluding tert-OH is 1. The van der Waals surface area contributed by atoms with Gasteiger partial charge in [0.25, 0.3) is 0 Å². The van der Waals surface area contributed by atoms with Crippen molar-refractivity contribution in [3.8, 4) is 0 Å². The SMILES string of the molecule is CCCCCCCCCCCC(O)OC(=O)C=C(C)C. The normalized spacial score (nSPS) is 12.0. The van der Waals surface area contributed by atoms with E-state index in [-0.39, 0.29) is 0 Å². The molecule has 0 bridgehead atoms. The van der Waals surface area contributed by atoms with Crippen LogP contribution in [0.1, 0.15) is 85.0 Å². The van der Waals surface area contributed by atoms with Gasteiger partial charge >= 0.3 is 5.97 Å². The van der Waals surface area contributed by atoms with E-state index in [4.69, 9.17) is 4.74 Å². The maximum absolute atomic E-state index is 11.3. The molecule has 0 spiro atoms. The topological polar surface area (TPSA) is 46.5 Å². The van der Waals surface area contributed by atoms with Gasteiger partial charge in [-0.25, -0.2) is 4.79 Å². The monoisotopic (exact) mass is 284 g/mol. The summed E-state index contributed by atoms with van der Waals surface area (Å²) in [6, 6.07) is 0. The Morgan fingerprint density at radius 2 is 1.50 bits per heavy atom. The molecule has 0 saturated heterocycles. The molecule has 0 aromatic heterocycles. The van der Waals surface area contributed by atoms with Gasteiger partial charge in [0.15, 0.2) is 0 Å². The number of rotatable bonds is 12. The highest BCUT2D eigenvalue weighted by atomic mass is 16.6. The van der Waals surface area contributed by atoms with Crippen molar-refractivity contribution in [1.29, 1.82) is 0 Å². The molecule has 0 aliphatic carbocycles. The summed E-state index contributed by atoms with van der Waals surface area (Å²) in [4.78, 5) is 11.3. The highest BCUT2D eigenvalue weighted by Gasteiger charge is 2.08. The summed E-state index contributed by atoms with van der Waals surface area (Å²) in [7, 11) is 0. The Morgan fingerprint density at radius 3 is 2.00 bits per heavy atom. The highest BCUT2D eigenvalue weighted by Crippen LogP contribution is 2.11. The second-order valence-electron chi connectivity index (χ2n) is 5.73. The Kier molecular flexibility index (Phi) is 12.6. The van der Waals surface area contributed by atoms with Crippen LogP contribution < -0.4 is 0 Å². The number of esters is 1. The Balaban J connectivity index is 3.37. The van der Waals surface area contributed by atoms with Gasteiger partial charge in [-0.2, -0.15) is 0 Å². The highest BCUT2D eigenvalue weighted by molar-refractivity contribution is 5.82. The molecule has 0 rings (SSSR count). The number of aliphatic hydroxyl groups is 1. The van der Waals surface area contributed by atoms with Crippen molar-refractivity contribution >= 4 is 5.97 Å². The molecule has 0 radical (unpaired) electrons. The minimum atomic E-state index is -0.956. The Labute approximate surface area is 124 Å². The molecule has 20 heavy (non-hydrogen) atoms. The van der Waals surface area contributed by atoms with Gasteiger partial charge in [-0.3, -0.25) is 0 Å². The average Bonchev–Trinajstić information content (AvgIpc) is 2.35. The number of carbonyl (C=O) groups is 1. The van der Waals surface area contributed by atoms with Gasteiger partial charge < -0.3 is 9.84 Å². The Morgan fingerprint density at radius 1 is 1.00 bits per heavy atom. The molecule has 118 valence electrons. The molecule has 3 nitrogen and oxygen atoms in total. The molecule has 1 atom stereocenters. The molecule has 1 unspecified atom stereocenters. The third-order valence-electron chi connectivity index (χ3n) is 3.21. The maximum Gasteiger partial charge on any atom is 0.332 e. The summed E-state index contributed by atoms with van der Waals surface area (Å²) in [5.74, 6) is -0.451. The summed E-state index contributed by atoms with van der Waals surface area (Å²) in [6.07, 6.45) is 12.2. The number of hydrogen-bond donors (Lipinski definition) is 1. The molecule has 0 aromatic rings. The van der Waals surface area contributed by atoms with E-state index < -0.39 is 12.3 Å². The van der Waals surface area contributed by atoms with Gasteiger partial charge in [-0.1, -0.05) is 63.9 Å². The Bertz CT molecular complexity index is 267. The molecular formula is C17H32O3. The lowest BCUT2D eigenvalue weighted by Gasteiger charge is -2.10. The fourth-order valence-electron chi connectivity index (χ4n) is 2.09. The van der Waals surface area contributed by atoms with Gasteiger partial charge in [0, 0.05) is 12.5 Å². The predicted octanol–water partition coefficient (Wildman–Crippen LogP) is 4.74. The quantitative estimate of drug-likeness (QED) is 0.244. The number of unbranched alkanes of at least 4 members (excludes halogenated alkanes) is 8. The van der Waals surface area contributed by atoms with Gasteiger partial charge in [-0.05, 0) is 20.3 Å². The summed E-state index contributed by atoms with van der Waals surface area (Å²) >= 11 is 0. The van der Waals surface area contributed by atoms with Gasteiger partial charge in [-0.15, -0.1) is 0 Å². The number of ether oxygens (including phenoxy) is 1. The van der Waals surface area contributed by atoms with Crippen molar-refractivity contribution in [3.63, 3.8) is 0 Å². The predicted molar refractivity (Wildman–Crippen MR) is 83.4 cm³/mol. The summed E-state index contributed by atoms with van der Waals surface area (Å²) < 4.78 is 4.87. The van der Waals surface area contributed by atoms with Crippen LogP contribution in [0.4, 0.5) is 0 Å². The fourth-order valence-corrected chi connectivity index (χ4v) is 2.09. The molecule has 0 fully saturated rings. The van der Waals surface area contributed by atoms with Crippen LogP contribution >= 0.6 is 0 Å². The van der Waals surface area contributed by atoms with E-state index >= 15 is 0 Å². The molecule has 0 aliphatic heterocycles. The lowest BCUT2D eigenvalue weighted by atomic mass is 10.1. The molecule has 1 N–H and O–H groups in total. The van der Waals surface area contributed by atoms with Crippen LogP contribution in [-0.2, 0) is 9.53 Å². The minimum Gasteiger partial charge on any atom is -0.433 e. The zero-order valence-electron chi connectivity index (χ0n) is 13.5. The number of carbonyl (C=O) groups excluding carboxylic acids is 1. The zero-order valence-corrected chi connectivity index (χ0v) is 13.5. The van der Waals surface area contributed by atoms with Crippen LogP contribution in [0.5, 0.6) is 0 Å². The largest absolute Gasteiger partial charge is 0.433 e. The van der Waals surface area contributed by atoms with Gasteiger partial charge in [0.1, 0.15) is 0 Å². The van der Waals surface area contributed by atoms with Crippen LogP contribution in [-0.4, -0.2) is 17.4 Å². The van der Waals surface area contributed by atoms with E-state index in [0.717, 1.165) is 18.4 Å². The lowest BCUT2D eigenvalue weighted by Crippen LogP contribution is -2.16. The minimum absolute atomic E-state index is 0.451. The first-order chi connectivity index (χ1) is 9.56. The van der Waals surface area contributed by atoms with Crippen LogP contribution in [0.15, 0.2) is 11.6 Å². The van der Waals surface area contributed by atoms with Crippen molar-refractivity contribution in [2.24, 2.45) is 0 Å². The first-order valence-corrected chi connectivity index (χ1v) is 8.09. The molecule has 0 aromatic carbocycles. The fraction of sp³-hybridized carbons (Fsp3) is 0.824. The first-order valence-electron chi connectivity index (χ1n) is 8.09. The van der Waals surface area contributed by atoms with Crippen molar-refractivity contribution in [2.45, 2.75) is 91.3 Å². The standard InChI is InChI=1S/C17H32O3/c1-4-5-6-7-8-9-10-11-12-13-16(18)20-17(19)14-15(2)3/h14,16,18H,4-13H2,1-3H3. The first kappa shape index (κ1) is 19.2. The van der Waals surface area contributed by atoms with Crippen LogP contribution in [0, 0.1) is 0 Å². The van der Waals surface area contributed by atoms with Gasteiger partial charge in [0.2, 0.25) is 6.29 Å².